The molecule has 0 aromatic rings. The van der Waals surface area contributed by atoms with Crippen molar-refractivity contribution in [3.05, 3.63) is 0 Å². The van der Waals surface area contributed by atoms with Gasteiger partial charge < -0.3 is 5.32 Å². The molecule has 0 aromatic heterocycles. The van der Waals surface area contributed by atoms with Gasteiger partial charge in [0, 0.05) is 0 Å². The number of hydrogen-bond acceptors (Lipinski definition) is 1. The molecule has 1 aliphatic rings. The summed E-state index contributed by atoms with van der Waals surface area (Å²) in [4.78, 5) is 0. The van der Waals surface area contributed by atoms with Gasteiger partial charge in [-0.15, -0.1) is 0 Å². The average molecular weight is 268 g/mol. The number of hydrogen-bond donors (Lipinski definition) is 1. The summed E-state index contributed by atoms with van der Waals surface area (Å²) in [5.74, 6) is 0.954. The van der Waals surface area contributed by atoms with Crippen molar-refractivity contribution in [3.63, 3.8) is 0 Å². The highest BCUT2D eigenvalue weighted by Gasteiger charge is 2.44. The average Bonchev–Trinajstić information content (AvgIpc) is 2.98. The molecule has 0 aliphatic heterocycles. The molecule has 0 amide bonds. The topological polar surface area (TPSA) is 12.0 Å². The van der Waals surface area contributed by atoms with Crippen LogP contribution in [0.25, 0.3) is 0 Å². The summed E-state index contributed by atoms with van der Waals surface area (Å²) < 4.78 is 0. The molecular formula is C18H37N. The Morgan fingerprint density at radius 1 is 0.842 bits per heavy atom. The Kier molecular flexibility index (Phi) is 8.77. The van der Waals surface area contributed by atoms with Crippen LogP contribution in [0.5, 0.6) is 0 Å². The van der Waals surface area contributed by atoms with Crippen LogP contribution in [-0.4, -0.2) is 13.1 Å². The fourth-order valence-corrected chi connectivity index (χ4v) is 2.94. The lowest BCUT2D eigenvalue weighted by Crippen LogP contribution is -2.19. The number of unbranched alkanes of at least 4 members (excludes halogenated alkanes) is 9. The van der Waals surface area contributed by atoms with Crippen molar-refractivity contribution < 1.29 is 0 Å². The molecule has 1 saturated carbocycles. The van der Waals surface area contributed by atoms with Gasteiger partial charge >= 0.3 is 0 Å². The smallest absolute Gasteiger partial charge is 0.00152 e. The van der Waals surface area contributed by atoms with E-state index in [0.29, 0.717) is 5.41 Å². The first-order valence-electron chi connectivity index (χ1n) is 8.87. The van der Waals surface area contributed by atoms with Crippen molar-refractivity contribution in [2.24, 2.45) is 11.3 Å². The van der Waals surface area contributed by atoms with Gasteiger partial charge in [0.05, 0.1) is 0 Å². The van der Waals surface area contributed by atoms with Gasteiger partial charge in [0.15, 0.2) is 0 Å². The van der Waals surface area contributed by atoms with Crippen LogP contribution in [0.1, 0.15) is 91.4 Å². The van der Waals surface area contributed by atoms with Gasteiger partial charge in [0.25, 0.3) is 0 Å². The van der Waals surface area contributed by atoms with Crippen LogP contribution >= 0.6 is 0 Å². The van der Waals surface area contributed by atoms with Gasteiger partial charge in [-0.2, -0.15) is 0 Å². The first kappa shape index (κ1) is 17.0. The first-order chi connectivity index (χ1) is 9.17. The highest BCUT2D eigenvalue weighted by atomic mass is 14.9. The van der Waals surface area contributed by atoms with E-state index in [4.69, 9.17) is 0 Å². The molecule has 1 fully saturated rings. The molecule has 1 atom stereocenters. The first-order valence-corrected chi connectivity index (χ1v) is 8.87. The Hall–Kier alpha value is -0.0400. The summed E-state index contributed by atoms with van der Waals surface area (Å²) in [6.45, 7) is 9.56. The molecule has 114 valence electrons. The second kappa shape index (κ2) is 9.80. The fourth-order valence-electron chi connectivity index (χ4n) is 2.94. The zero-order valence-electron chi connectivity index (χ0n) is 13.8. The van der Waals surface area contributed by atoms with E-state index in [-0.39, 0.29) is 0 Å². The Balaban J connectivity index is 1.68. The van der Waals surface area contributed by atoms with Gasteiger partial charge in [-0.1, -0.05) is 78.6 Å². The van der Waals surface area contributed by atoms with E-state index in [1.54, 1.807) is 0 Å². The Labute approximate surface area is 121 Å². The third-order valence-corrected chi connectivity index (χ3v) is 4.82. The van der Waals surface area contributed by atoms with Crippen LogP contribution in [0.15, 0.2) is 0 Å². The van der Waals surface area contributed by atoms with Crippen LogP contribution in [0.3, 0.4) is 0 Å². The highest BCUT2D eigenvalue weighted by molar-refractivity contribution is 4.95. The molecule has 19 heavy (non-hydrogen) atoms. The van der Waals surface area contributed by atoms with Crippen molar-refractivity contribution in [3.8, 4) is 0 Å². The van der Waals surface area contributed by atoms with Crippen LogP contribution in [-0.2, 0) is 0 Å². The maximum atomic E-state index is 3.63. The molecule has 0 radical (unpaired) electrons. The minimum atomic E-state index is 0.644. The molecule has 1 N–H and O–H groups in total. The normalized spacial score (nSPS) is 20.7. The molecule has 1 aliphatic carbocycles. The lowest BCUT2D eigenvalue weighted by Gasteiger charge is -2.06. The predicted molar refractivity (Wildman–Crippen MR) is 86.6 cm³/mol. The summed E-state index contributed by atoms with van der Waals surface area (Å²) in [5, 5.41) is 3.63. The van der Waals surface area contributed by atoms with Gasteiger partial charge in [-0.25, -0.2) is 0 Å². The van der Waals surface area contributed by atoms with Crippen molar-refractivity contribution in [1.29, 1.82) is 0 Å². The van der Waals surface area contributed by atoms with Gasteiger partial charge in [-0.05, 0) is 37.3 Å². The molecule has 0 spiro atoms. The Bertz CT molecular complexity index is 210. The highest BCUT2D eigenvalue weighted by Crippen LogP contribution is 2.50. The van der Waals surface area contributed by atoms with Crippen LogP contribution in [0.4, 0.5) is 0 Å². The third kappa shape index (κ3) is 8.68. The van der Waals surface area contributed by atoms with Crippen LogP contribution in [0.2, 0.25) is 0 Å². The standard InChI is InChI=1S/C18H37N/c1-4-5-6-7-8-9-10-11-12-13-14-19-16-17-15-18(17,2)3/h17,19H,4-16H2,1-3H3. The summed E-state index contributed by atoms with van der Waals surface area (Å²) in [6.07, 6.45) is 15.8. The van der Waals surface area contributed by atoms with Crippen LogP contribution in [0, 0.1) is 11.3 Å². The quantitative estimate of drug-likeness (QED) is 0.432. The number of rotatable bonds is 13. The zero-order valence-corrected chi connectivity index (χ0v) is 13.8. The zero-order chi connectivity index (χ0) is 14.0. The second-order valence-corrected chi connectivity index (χ2v) is 7.28. The van der Waals surface area contributed by atoms with Crippen molar-refractivity contribution in [2.75, 3.05) is 13.1 Å². The number of nitrogens with one attached hydrogen (secondary N) is 1. The lowest BCUT2D eigenvalue weighted by atomic mass is 10.1. The molecule has 0 heterocycles. The molecule has 1 nitrogen and oxygen atoms in total. The molecule has 0 bridgehead atoms. The van der Waals surface area contributed by atoms with Crippen molar-refractivity contribution >= 4 is 0 Å². The second-order valence-electron chi connectivity index (χ2n) is 7.28. The summed E-state index contributed by atoms with van der Waals surface area (Å²) in [6, 6.07) is 0. The lowest BCUT2D eigenvalue weighted by molar-refractivity contribution is 0.502. The predicted octanol–water partition coefficient (Wildman–Crippen LogP) is 5.54. The fraction of sp³-hybridized carbons (Fsp3) is 1.00. The van der Waals surface area contributed by atoms with E-state index in [9.17, 15) is 0 Å². The molecule has 1 unspecified atom stereocenters. The van der Waals surface area contributed by atoms with E-state index in [1.165, 1.54) is 83.7 Å². The third-order valence-electron chi connectivity index (χ3n) is 4.82. The largest absolute Gasteiger partial charge is 0.316 e. The SMILES string of the molecule is CCCCCCCCCCCCNCC1CC1(C)C. The summed E-state index contributed by atoms with van der Waals surface area (Å²) >= 11 is 0. The van der Waals surface area contributed by atoms with E-state index in [2.05, 4.69) is 26.1 Å². The van der Waals surface area contributed by atoms with E-state index < -0.39 is 0 Å². The minimum absolute atomic E-state index is 0.644. The van der Waals surface area contributed by atoms with E-state index >= 15 is 0 Å². The van der Waals surface area contributed by atoms with Gasteiger partial charge in [0.1, 0.15) is 0 Å². The van der Waals surface area contributed by atoms with Gasteiger partial charge in [0.2, 0.25) is 0 Å². The van der Waals surface area contributed by atoms with Gasteiger partial charge in [-0.3, -0.25) is 0 Å². The summed E-state index contributed by atoms with van der Waals surface area (Å²) in [5.41, 5.74) is 0.644. The van der Waals surface area contributed by atoms with Crippen LogP contribution < -0.4 is 5.32 Å². The van der Waals surface area contributed by atoms with Crippen molar-refractivity contribution in [1.82, 2.24) is 5.32 Å². The molecule has 1 rings (SSSR count). The Morgan fingerprint density at radius 2 is 1.32 bits per heavy atom. The van der Waals surface area contributed by atoms with E-state index in [1.807, 2.05) is 0 Å². The monoisotopic (exact) mass is 267 g/mol. The van der Waals surface area contributed by atoms with E-state index in [0.717, 1.165) is 5.92 Å². The maximum absolute atomic E-state index is 3.63. The maximum Gasteiger partial charge on any atom is -0.00152 e. The molecule has 0 aromatic carbocycles. The summed E-state index contributed by atoms with van der Waals surface area (Å²) in [7, 11) is 0. The Morgan fingerprint density at radius 3 is 1.79 bits per heavy atom. The van der Waals surface area contributed by atoms with Crippen molar-refractivity contribution in [2.45, 2.75) is 91.4 Å². The molecule has 1 heteroatoms. The molecule has 0 saturated heterocycles. The molecular weight excluding hydrogens is 230 g/mol. The minimum Gasteiger partial charge on any atom is -0.316 e.